The average Bonchev–Trinajstić information content (AvgIpc) is 3.22. The number of aromatic nitrogens is 1. The summed E-state index contributed by atoms with van der Waals surface area (Å²) in [5.74, 6) is -71.4. The number of hydrogen-bond acceptors (Lipinski definition) is 0. The molecule has 0 saturated heterocycles. The Morgan fingerprint density at radius 1 is 0.350 bits per heavy atom. The van der Waals surface area contributed by atoms with E-state index in [9.17, 15) is 52.7 Å². The highest BCUT2D eigenvalue weighted by Gasteiger charge is 2.52. The van der Waals surface area contributed by atoms with Gasteiger partial charge in [0.05, 0.1) is 5.02 Å². The molecule has 316 valence electrons. The minimum atomic E-state index is -7.22. The largest absolute Gasteiger partial charge is 0.276 e. The lowest BCUT2D eigenvalue weighted by molar-refractivity contribution is -0.686. The molecule has 1 aromatic heterocycles. The monoisotopic (exact) mass is 917 g/mol. The smallest absolute Gasteiger partial charge is 0.207 e. The summed E-state index contributed by atoms with van der Waals surface area (Å²) in [6, 6.07) is 13.7. The van der Waals surface area contributed by atoms with Gasteiger partial charge in [-0.3, -0.25) is 0 Å². The molecule has 0 aliphatic heterocycles. The number of benzene rings is 5. The molecule has 0 bridgehead atoms. The lowest BCUT2D eigenvalue weighted by Gasteiger charge is -2.44. The van der Waals surface area contributed by atoms with E-state index in [1.165, 1.54) is 5.56 Å². The molecule has 0 atom stereocenters. The summed E-state index contributed by atoms with van der Waals surface area (Å²) in [7, 11) is 0. The maximum absolute atomic E-state index is 15.4. The zero-order valence-corrected chi connectivity index (χ0v) is 29.7. The Hall–Kier alpha value is -5.51. The second-order valence-corrected chi connectivity index (χ2v) is 12.9. The van der Waals surface area contributed by atoms with Crippen LogP contribution in [0, 0.1) is 116 Å². The Bertz CT molecular complexity index is 2330. The van der Waals surface area contributed by atoms with Crippen molar-refractivity contribution in [2.75, 3.05) is 0 Å². The molecule has 6 rings (SSSR count). The van der Waals surface area contributed by atoms with Crippen molar-refractivity contribution in [1.29, 1.82) is 0 Å². The van der Waals surface area contributed by atoms with Crippen LogP contribution in [0.5, 0.6) is 0 Å². The van der Waals surface area contributed by atoms with Crippen LogP contribution >= 0.6 is 23.2 Å². The van der Waals surface area contributed by atoms with Crippen LogP contribution in [0.4, 0.5) is 87.8 Å². The Kier molecular flexibility index (Phi) is 12.8. The van der Waals surface area contributed by atoms with E-state index >= 15 is 35.1 Å². The van der Waals surface area contributed by atoms with Crippen LogP contribution in [0.25, 0.3) is 0 Å². The SMILES string of the molecule is Clc1cc[n+](Cc2ccccc2)c(Cl)c1.Fc1c(F)c(F)c([B-](c2c(F)c(F)c(F)c(F)c2F)(c2c(F)c(F)c(F)c(F)c2F)c2c(F)c(F)c(F)c(F)c2F)c(F)c1F. The molecular formula is C36H10BCl2F20N. The van der Waals surface area contributed by atoms with Crippen molar-refractivity contribution in [2.24, 2.45) is 0 Å². The van der Waals surface area contributed by atoms with Crippen molar-refractivity contribution in [3.63, 3.8) is 0 Å². The number of nitrogens with zero attached hydrogens (tertiary/aromatic N) is 1. The van der Waals surface area contributed by atoms with E-state index in [0.29, 0.717) is 10.2 Å². The second-order valence-electron chi connectivity index (χ2n) is 12.1. The lowest BCUT2D eigenvalue weighted by Crippen LogP contribution is -2.81. The first kappa shape index (κ1) is 45.6. The third-order valence-electron chi connectivity index (χ3n) is 8.85. The second kappa shape index (κ2) is 16.9. The van der Waals surface area contributed by atoms with Gasteiger partial charge in [0.15, 0.2) is 82.5 Å². The Labute approximate surface area is 330 Å². The quantitative estimate of drug-likeness (QED) is 0.0392. The predicted molar refractivity (Wildman–Crippen MR) is 171 cm³/mol. The average molecular weight is 918 g/mol. The van der Waals surface area contributed by atoms with Crippen LogP contribution in [0.1, 0.15) is 5.56 Å². The molecule has 0 N–H and O–H groups in total. The molecular weight excluding hydrogens is 908 g/mol. The minimum Gasteiger partial charge on any atom is -0.207 e. The van der Waals surface area contributed by atoms with E-state index < -0.39 is 144 Å². The van der Waals surface area contributed by atoms with E-state index in [4.69, 9.17) is 23.2 Å². The summed E-state index contributed by atoms with van der Waals surface area (Å²) in [5.41, 5.74) is -13.1. The van der Waals surface area contributed by atoms with Crippen LogP contribution in [0.3, 0.4) is 0 Å². The number of halogens is 22. The van der Waals surface area contributed by atoms with Gasteiger partial charge in [0.1, 0.15) is 52.7 Å². The molecule has 0 spiro atoms. The fraction of sp³-hybridized carbons (Fsp3) is 0.0278. The molecule has 0 aliphatic rings. The third-order valence-corrected chi connectivity index (χ3v) is 9.41. The molecule has 0 saturated carbocycles. The molecule has 0 fully saturated rings. The van der Waals surface area contributed by atoms with Gasteiger partial charge in [-0.1, -0.05) is 41.9 Å². The van der Waals surface area contributed by atoms with Crippen molar-refractivity contribution >= 4 is 51.2 Å². The summed E-state index contributed by atoms with van der Waals surface area (Å²) < 4.78 is 296. The number of hydrogen-bond donors (Lipinski definition) is 0. The van der Waals surface area contributed by atoms with E-state index in [0.717, 1.165) is 6.54 Å². The molecule has 1 nitrogen and oxygen atoms in total. The molecule has 5 aromatic carbocycles. The standard InChI is InChI=1S/C24BF20.C12H10Cl2N/c26-5-1(6(27)14(35)21(42)13(5)34)25(2-7(28)15(36)22(43)16(37)8(2)29,3-9(30)17(38)23(44)18(39)10(3)31)4-11(32)19(40)24(45)20(41)12(4)33;13-11-6-7-15(12(14)8-11)9-10-4-2-1-3-5-10/h;1-8H,9H2/q-1;+1. The van der Waals surface area contributed by atoms with Gasteiger partial charge in [0.25, 0.3) is 5.15 Å². The molecule has 6 aromatic rings. The zero-order valence-electron chi connectivity index (χ0n) is 28.2. The van der Waals surface area contributed by atoms with Crippen LogP contribution in [0.2, 0.25) is 10.2 Å². The molecule has 0 aliphatic carbocycles. The van der Waals surface area contributed by atoms with Crippen molar-refractivity contribution in [3.05, 3.63) is 181 Å². The summed E-state index contributed by atoms with van der Waals surface area (Å²) in [6.45, 7) is 0.761. The highest BCUT2D eigenvalue weighted by molar-refractivity contribution is 7.20. The Morgan fingerprint density at radius 2 is 0.600 bits per heavy atom. The maximum atomic E-state index is 15.4. The summed E-state index contributed by atoms with van der Waals surface area (Å²) in [4.78, 5) is 0. The van der Waals surface area contributed by atoms with Crippen LogP contribution in [-0.4, -0.2) is 6.15 Å². The highest BCUT2D eigenvalue weighted by Crippen LogP contribution is 2.30. The van der Waals surface area contributed by atoms with Gasteiger partial charge >= 0.3 is 0 Å². The fourth-order valence-electron chi connectivity index (χ4n) is 6.26. The van der Waals surface area contributed by atoms with Crippen LogP contribution in [0.15, 0.2) is 48.7 Å². The summed E-state index contributed by atoms with van der Waals surface area (Å²) in [5, 5.41) is 1.30. The lowest BCUT2D eigenvalue weighted by atomic mass is 9.12. The maximum Gasteiger partial charge on any atom is 0.276 e. The van der Waals surface area contributed by atoms with Gasteiger partial charge in [-0.05, 0) is 11.6 Å². The molecule has 1 heterocycles. The van der Waals surface area contributed by atoms with E-state index in [2.05, 4.69) is 12.1 Å². The molecule has 60 heavy (non-hydrogen) atoms. The van der Waals surface area contributed by atoms with Crippen molar-refractivity contribution in [2.45, 2.75) is 6.54 Å². The van der Waals surface area contributed by atoms with Gasteiger partial charge in [-0.25, -0.2) is 87.8 Å². The van der Waals surface area contributed by atoms with Crippen molar-refractivity contribution in [3.8, 4) is 0 Å². The molecule has 0 radical (unpaired) electrons. The van der Waals surface area contributed by atoms with E-state index in [-0.39, 0.29) is 0 Å². The Morgan fingerprint density at radius 3 is 0.850 bits per heavy atom. The Balaban J connectivity index is 0.000000379. The van der Waals surface area contributed by atoms with Gasteiger partial charge in [0, 0.05) is 17.7 Å². The van der Waals surface area contributed by atoms with Crippen molar-refractivity contribution < 1.29 is 92.4 Å². The normalized spacial score (nSPS) is 11.6. The fourth-order valence-corrected chi connectivity index (χ4v) is 6.71. The zero-order chi connectivity index (χ0) is 45.0. The predicted octanol–water partition coefficient (Wildman–Crippen LogP) is 9.18. The van der Waals surface area contributed by atoms with Gasteiger partial charge in [-0.15, -0.1) is 21.9 Å². The first-order valence-electron chi connectivity index (χ1n) is 15.6. The van der Waals surface area contributed by atoms with Crippen LogP contribution < -0.4 is 26.4 Å². The minimum absolute atomic E-state index is 0.645. The van der Waals surface area contributed by atoms with Gasteiger partial charge in [-0.2, -0.15) is 4.57 Å². The van der Waals surface area contributed by atoms with E-state index in [1.807, 2.05) is 35.0 Å². The van der Waals surface area contributed by atoms with E-state index in [1.54, 1.807) is 6.07 Å². The first-order chi connectivity index (χ1) is 28.0. The first-order valence-corrected chi connectivity index (χ1v) is 16.3. The molecule has 0 amide bonds. The topological polar surface area (TPSA) is 3.88 Å². The molecule has 24 heteroatoms. The number of pyridine rings is 1. The molecule has 0 unspecified atom stereocenters. The summed E-state index contributed by atoms with van der Waals surface area (Å²) in [6.07, 6.45) is -5.33. The number of rotatable bonds is 6. The summed E-state index contributed by atoms with van der Waals surface area (Å²) >= 11 is 11.9. The van der Waals surface area contributed by atoms with Crippen LogP contribution in [-0.2, 0) is 6.54 Å². The highest BCUT2D eigenvalue weighted by atomic mass is 35.5. The van der Waals surface area contributed by atoms with Gasteiger partial charge in [0.2, 0.25) is 0 Å². The van der Waals surface area contributed by atoms with Gasteiger partial charge < -0.3 is 0 Å². The van der Waals surface area contributed by atoms with Crippen molar-refractivity contribution in [1.82, 2.24) is 0 Å². The third kappa shape index (κ3) is 7.15.